The van der Waals surface area contributed by atoms with Crippen LogP contribution in [0.4, 0.5) is 5.69 Å². The Bertz CT molecular complexity index is 930. The maximum atomic E-state index is 13.3. The Morgan fingerprint density at radius 3 is 2.64 bits per heavy atom. The van der Waals surface area contributed by atoms with E-state index in [4.69, 9.17) is 4.74 Å². The molecule has 2 N–H and O–H groups in total. The molecule has 0 spiro atoms. The zero-order valence-corrected chi connectivity index (χ0v) is 16.6. The first-order valence-corrected chi connectivity index (χ1v) is 9.50. The van der Waals surface area contributed by atoms with Gasteiger partial charge in [-0.1, -0.05) is 0 Å². The second kappa shape index (κ2) is 8.43. The van der Waals surface area contributed by atoms with E-state index in [1.165, 1.54) is 0 Å². The summed E-state index contributed by atoms with van der Waals surface area (Å²) < 4.78 is 5.18. The van der Waals surface area contributed by atoms with Crippen LogP contribution in [0, 0.1) is 0 Å². The molecule has 8 nitrogen and oxygen atoms in total. The molecule has 1 aromatic heterocycles. The first kappa shape index (κ1) is 19.9. The van der Waals surface area contributed by atoms with Gasteiger partial charge in [-0.3, -0.25) is 9.59 Å². The number of carbonyl (C=O) groups is 2. The minimum Gasteiger partial charge on any atom is -0.461 e. The van der Waals surface area contributed by atoms with Gasteiger partial charge in [-0.25, -0.2) is 4.79 Å². The number of H-pyrrole nitrogens is 1. The lowest BCUT2D eigenvalue weighted by Gasteiger charge is -2.30. The number of ether oxygens (including phenoxy) is 1. The van der Waals surface area contributed by atoms with Gasteiger partial charge in [0, 0.05) is 25.2 Å². The molecule has 0 bridgehead atoms. The molecule has 8 heteroatoms. The number of anilines is 1. The van der Waals surface area contributed by atoms with E-state index in [2.05, 4.69) is 4.98 Å². The molecule has 150 valence electrons. The van der Waals surface area contributed by atoms with E-state index in [9.17, 15) is 14.4 Å². The van der Waals surface area contributed by atoms with Crippen LogP contribution >= 0.6 is 0 Å². The van der Waals surface area contributed by atoms with E-state index in [0.29, 0.717) is 36.1 Å². The number of pyridine rings is 1. The van der Waals surface area contributed by atoms with E-state index >= 15 is 0 Å². The van der Waals surface area contributed by atoms with Crippen LogP contribution in [0.3, 0.4) is 0 Å². The molecule has 1 fully saturated rings. The Kier molecular flexibility index (Phi) is 5.99. The number of esters is 1. The van der Waals surface area contributed by atoms with Gasteiger partial charge in [0.1, 0.15) is 12.2 Å². The zero-order valence-electron chi connectivity index (χ0n) is 16.6. The van der Waals surface area contributed by atoms with E-state index in [0.717, 1.165) is 30.1 Å². The molecule has 1 amide bonds. The van der Waals surface area contributed by atoms with Crippen molar-refractivity contribution in [2.45, 2.75) is 13.5 Å². The summed E-state index contributed by atoms with van der Waals surface area (Å²) in [6, 6.07) is 5.55. The number of amides is 1. The van der Waals surface area contributed by atoms with Crippen LogP contribution in [0.25, 0.3) is 10.9 Å². The highest BCUT2D eigenvalue weighted by atomic mass is 16.5. The highest BCUT2D eigenvalue weighted by molar-refractivity contribution is 5.93. The first-order chi connectivity index (χ1) is 13.4. The molecule has 3 rings (SSSR count). The Balaban J connectivity index is 2.04. The number of piperazine rings is 1. The van der Waals surface area contributed by atoms with Crippen molar-refractivity contribution in [2.24, 2.45) is 0 Å². The minimum absolute atomic E-state index is 0.147. The predicted molar refractivity (Wildman–Crippen MR) is 107 cm³/mol. The number of rotatable bonds is 6. The van der Waals surface area contributed by atoms with Gasteiger partial charge in [0.15, 0.2) is 5.43 Å². The largest absolute Gasteiger partial charge is 0.461 e. The smallest absolute Gasteiger partial charge is 0.355 e. The van der Waals surface area contributed by atoms with Crippen LogP contribution in [0.1, 0.15) is 23.0 Å². The van der Waals surface area contributed by atoms with E-state index in [1.807, 2.05) is 37.2 Å². The number of quaternary nitrogens is 1. The number of carbonyl (C=O) groups excluding carboxylic acids is 2. The summed E-state index contributed by atoms with van der Waals surface area (Å²) >= 11 is 0. The quantitative estimate of drug-likeness (QED) is 0.522. The predicted octanol–water partition coefficient (Wildman–Crippen LogP) is -0.372. The van der Waals surface area contributed by atoms with Crippen LogP contribution in [0.5, 0.6) is 0 Å². The number of benzene rings is 1. The van der Waals surface area contributed by atoms with Crippen LogP contribution in [-0.4, -0.2) is 69.1 Å². The van der Waals surface area contributed by atoms with Gasteiger partial charge in [0.2, 0.25) is 6.41 Å². The Morgan fingerprint density at radius 1 is 1.32 bits per heavy atom. The number of fused-ring (bicyclic) bond motifs is 1. The molecule has 1 aliphatic heterocycles. The van der Waals surface area contributed by atoms with Crippen molar-refractivity contribution in [1.82, 2.24) is 9.88 Å². The summed E-state index contributed by atoms with van der Waals surface area (Å²) in [6.07, 6.45) is 0.854. The van der Waals surface area contributed by atoms with Crippen molar-refractivity contribution >= 4 is 29.0 Å². The number of nitrogens with one attached hydrogen (secondary N) is 2. The number of aromatic nitrogens is 1. The number of aromatic amines is 1. The highest BCUT2D eigenvalue weighted by Crippen LogP contribution is 2.19. The highest BCUT2D eigenvalue weighted by Gasteiger charge is 2.25. The van der Waals surface area contributed by atoms with Gasteiger partial charge < -0.3 is 24.4 Å². The van der Waals surface area contributed by atoms with Crippen LogP contribution in [-0.2, 0) is 16.1 Å². The third-order valence-corrected chi connectivity index (χ3v) is 5.16. The van der Waals surface area contributed by atoms with Crippen molar-refractivity contribution in [3.8, 4) is 0 Å². The van der Waals surface area contributed by atoms with Gasteiger partial charge in [-0.05, 0) is 25.1 Å². The standard InChI is InChI=1S/C20H26N4O4/c1-4-28-20(27)18-16(12-23-7-9-24(13-25)10-8-23)19(26)15-11-14(22(2)3)5-6-17(15)21-18/h5-6,11,13H,4,7-10,12H2,1-3H3,(H,21,26)/p+1. The average Bonchev–Trinajstić information content (AvgIpc) is 2.70. The molecular formula is C20H27N4O4+. The summed E-state index contributed by atoms with van der Waals surface area (Å²) in [5, 5.41) is 0.556. The van der Waals surface area contributed by atoms with Crippen molar-refractivity contribution in [3.63, 3.8) is 0 Å². The lowest BCUT2D eigenvalue weighted by atomic mass is 10.1. The Morgan fingerprint density at radius 2 is 2.04 bits per heavy atom. The van der Waals surface area contributed by atoms with Gasteiger partial charge >= 0.3 is 5.97 Å². The van der Waals surface area contributed by atoms with E-state index in [1.54, 1.807) is 11.8 Å². The molecule has 2 aromatic rings. The lowest BCUT2D eigenvalue weighted by molar-refractivity contribution is -0.917. The fourth-order valence-electron chi connectivity index (χ4n) is 3.51. The topological polar surface area (TPSA) is 87.2 Å². The molecular weight excluding hydrogens is 360 g/mol. The molecule has 0 radical (unpaired) electrons. The fourth-order valence-corrected chi connectivity index (χ4v) is 3.51. The van der Waals surface area contributed by atoms with E-state index in [-0.39, 0.29) is 17.7 Å². The first-order valence-electron chi connectivity index (χ1n) is 9.50. The van der Waals surface area contributed by atoms with Crippen LogP contribution in [0.15, 0.2) is 23.0 Å². The molecule has 0 saturated carbocycles. The summed E-state index contributed by atoms with van der Waals surface area (Å²) in [5.41, 5.74) is 2.05. The van der Waals surface area contributed by atoms with Gasteiger partial charge in [0.05, 0.1) is 43.9 Å². The Hall–Kier alpha value is -2.87. The van der Waals surface area contributed by atoms with Crippen molar-refractivity contribution in [3.05, 3.63) is 39.7 Å². The SMILES string of the molecule is CCOC(=O)c1[nH]c2ccc(N(C)C)cc2c(=O)c1C[NH+]1CCN(C=O)CC1. The summed E-state index contributed by atoms with van der Waals surface area (Å²) in [5.74, 6) is -0.515. The average molecular weight is 387 g/mol. The molecule has 0 unspecified atom stereocenters. The maximum absolute atomic E-state index is 13.3. The van der Waals surface area contributed by atoms with E-state index < -0.39 is 5.97 Å². The van der Waals surface area contributed by atoms with Crippen molar-refractivity contribution in [1.29, 1.82) is 0 Å². The summed E-state index contributed by atoms with van der Waals surface area (Å²) in [6.45, 7) is 5.14. The molecule has 1 aromatic carbocycles. The van der Waals surface area contributed by atoms with Gasteiger partial charge in [0.25, 0.3) is 0 Å². The molecule has 2 heterocycles. The van der Waals surface area contributed by atoms with Gasteiger partial charge in [-0.2, -0.15) is 0 Å². The molecule has 28 heavy (non-hydrogen) atoms. The van der Waals surface area contributed by atoms with Crippen LogP contribution < -0.4 is 15.2 Å². The second-order valence-electron chi connectivity index (χ2n) is 7.22. The summed E-state index contributed by atoms with van der Waals surface area (Å²) in [4.78, 5) is 44.7. The van der Waals surface area contributed by atoms with Crippen molar-refractivity contribution in [2.75, 3.05) is 51.8 Å². The second-order valence-corrected chi connectivity index (χ2v) is 7.22. The Labute approximate surface area is 163 Å². The fraction of sp³-hybridized carbons (Fsp3) is 0.450. The third kappa shape index (κ3) is 4.01. The van der Waals surface area contributed by atoms with Gasteiger partial charge in [-0.15, -0.1) is 0 Å². The normalized spacial score (nSPS) is 14.9. The number of hydrogen-bond acceptors (Lipinski definition) is 5. The summed E-state index contributed by atoms with van der Waals surface area (Å²) in [7, 11) is 3.83. The molecule has 1 aliphatic rings. The number of nitrogens with zero attached hydrogens (tertiary/aromatic N) is 2. The zero-order chi connectivity index (χ0) is 20.3. The number of hydrogen-bond donors (Lipinski definition) is 2. The minimum atomic E-state index is -0.515. The molecule has 0 atom stereocenters. The lowest BCUT2D eigenvalue weighted by Crippen LogP contribution is -3.13. The molecule has 0 aliphatic carbocycles. The third-order valence-electron chi connectivity index (χ3n) is 5.16. The van der Waals surface area contributed by atoms with Crippen molar-refractivity contribution < 1.29 is 19.2 Å². The molecule has 1 saturated heterocycles. The maximum Gasteiger partial charge on any atom is 0.355 e. The monoisotopic (exact) mass is 387 g/mol. The van der Waals surface area contributed by atoms with Crippen LogP contribution in [0.2, 0.25) is 0 Å².